The lowest BCUT2D eigenvalue weighted by Crippen LogP contribution is -2.02. The highest BCUT2D eigenvalue weighted by Crippen LogP contribution is 2.26. The van der Waals surface area contributed by atoms with Gasteiger partial charge in [0, 0.05) is 16.6 Å². The largest absolute Gasteiger partial charge is 0.383 e. The monoisotopic (exact) mass is 265 g/mol. The third-order valence-corrected chi connectivity index (χ3v) is 2.86. The number of nitrogens with two attached hydrogens (primary N) is 1. The Kier molecular flexibility index (Phi) is 2.77. The highest BCUT2D eigenvalue weighted by molar-refractivity contribution is 9.10. The summed E-state index contributed by atoms with van der Waals surface area (Å²) < 4.78 is 2.85. The number of nitrogens with zero attached hydrogens (tertiary/aromatic N) is 2. The van der Waals surface area contributed by atoms with E-state index >= 15 is 0 Å². The van der Waals surface area contributed by atoms with Gasteiger partial charge in [0.05, 0.1) is 6.20 Å². The van der Waals surface area contributed by atoms with E-state index in [1.165, 1.54) is 0 Å². The minimum absolute atomic E-state index is 0.722. The molecule has 0 bridgehead atoms. The lowest BCUT2D eigenvalue weighted by molar-refractivity contribution is 0.670. The number of anilines is 1. The standard InChI is InChI=1S/C11H12BrN3/c1-2-15-11(13)10(7-14-15)8-3-5-9(12)6-4-8/h3-7H,2,13H2,1H3. The van der Waals surface area contributed by atoms with Crippen LogP contribution in [0.5, 0.6) is 0 Å². The van der Waals surface area contributed by atoms with Crippen molar-refractivity contribution in [1.82, 2.24) is 9.78 Å². The van der Waals surface area contributed by atoms with Crippen LogP contribution in [0.3, 0.4) is 0 Å². The van der Waals surface area contributed by atoms with Gasteiger partial charge >= 0.3 is 0 Å². The Labute approximate surface area is 97.0 Å². The molecule has 1 aromatic heterocycles. The summed E-state index contributed by atoms with van der Waals surface area (Å²) in [5.74, 6) is 0.722. The third-order valence-electron chi connectivity index (χ3n) is 2.34. The molecule has 0 saturated carbocycles. The molecule has 0 unspecified atom stereocenters. The van der Waals surface area contributed by atoms with Gasteiger partial charge < -0.3 is 5.73 Å². The zero-order chi connectivity index (χ0) is 10.8. The van der Waals surface area contributed by atoms with Gasteiger partial charge in [-0.05, 0) is 24.6 Å². The SMILES string of the molecule is CCn1ncc(-c2ccc(Br)cc2)c1N. The summed E-state index contributed by atoms with van der Waals surface area (Å²) in [6.45, 7) is 2.82. The quantitative estimate of drug-likeness (QED) is 0.908. The number of hydrogen-bond donors (Lipinski definition) is 1. The topological polar surface area (TPSA) is 43.8 Å². The molecule has 0 spiro atoms. The average molecular weight is 266 g/mol. The van der Waals surface area contributed by atoms with Crippen LogP contribution in [0.15, 0.2) is 34.9 Å². The Morgan fingerprint density at radius 1 is 1.33 bits per heavy atom. The molecule has 0 atom stereocenters. The molecular formula is C11H12BrN3. The summed E-state index contributed by atoms with van der Waals surface area (Å²) in [6.07, 6.45) is 1.81. The van der Waals surface area contributed by atoms with Crippen molar-refractivity contribution in [3.8, 4) is 11.1 Å². The molecule has 78 valence electrons. The Hall–Kier alpha value is -1.29. The molecule has 2 N–H and O–H groups in total. The summed E-state index contributed by atoms with van der Waals surface area (Å²) in [7, 11) is 0. The van der Waals surface area contributed by atoms with Gasteiger partial charge in [-0.1, -0.05) is 28.1 Å². The van der Waals surface area contributed by atoms with Gasteiger partial charge in [0.1, 0.15) is 5.82 Å². The highest BCUT2D eigenvalue weighted by atomic mass is 79.9. The van der Waals surface area contributed by atoms with E-state index in [1.54, 1.807) is 4.68 Å². The van der Waals surface area contributed by atoms with Crippen molar-refractivity contribution in [2.75, 3.05) is 5.73 Å². The maximum Gasteiger partial charge on any atom is 0.129 e. The number of nitrogen functional groups attached to an aromatic ring is 1. The fraction of sp³-hybridized carbons (Fsp3) is 0.182. The lowest BCUT2D eigenvalue weighted by atomic mass is 10.1. The average Bonchev–Trinajstić information content (AvgIpc) is 2.61. The lowest BCUT2D eigenvalue weighted by Gasteiger charge is -2.02. The van der Waals surface area contributed by atoms with Crippen molar-refractivity contribution in [1.29, 1.82) is 0 Å². The van der Waals surface area contributed by atoms with E-state index in [0.29, 0.717) is 0 Å². The van der Waals surface area contributed by atoms with Crippen LogP contribution >= 0.6 is 15.9 Å². The van der Waals surface area contributed by atoms with E-state index in [2.05, 4.69) is 21.0 Å². The van der Waals surface area contributed by atoms with Crippen LogP contribution in [-0.4, -0.2) is 9.78 Å². The van der Waals surface area contributed by atoms with Gasteiger partial charge in [0.2, 0.25) is 0 Å². The van der Waals surface area contributed by atoms with Gasteiger partial charge in [0.25, 0.3) is 0 Å². The molecule has 15 heavy (non-hydrogen) atoms. The van der Waals surface area contributed by atoms with Crippen molar-refractivity contribution in [3.05, 3.63) is 34.9 Å². The molecule has 0 aliphatic carbocycles. The molecule has 0 aliphatic rings. The van der Waals surface area contributed by atoms with Crippen LogP contribution in [0, 0.1) is 0 Å². The molecule has 1 heterocycles. The highest BCUT2D eigenvalue weighted by Gasteiger charge is 2.07. The molecule has 0 amide bonds. The number of aromatic nitrogens is 2. The van der Waals surface area contributed by atoms with Crippen molar-refractivity contribution >= 4 is 21.7 Å². The van der Waals surface area contributed by atoms with E-state index in [9.17, 15) is 0 Å². The van der Waals surface area contributed by atoms with E-state index in [-0.39, 0.29) is 0 Å². The van der Waals surface area contributed by atoms with Crippen LogP contribution in [0.1, 0.15) is 6.92 Å². The first kappa shape index (κ1) is 10.2. The van der Waals surface area contributed by atoms with E-state index < -0.39 is 0 Å². The summed E-state index contributed by atoms with van der Waals surface area (Å²) in [6, 6.07) is 8.05. The minimum Gasteiger partial charge on any atom is -0.383 e. The van der Waals surface area contributed by atoms with Crippen molar-refractivity contribution in [2.24, 2.45) is 0 Å². The van der Waals surface area contributed by atoms with Gasteiger partial charge in [-0.2, -0.15) is 5.10 Å². The predicted molar refractivity (Wildman–Crippen MR) is 65.4 cm³/mol. The van der Waals surface area contributed by atoms with Crippen LogP contribution < -0.4 is 5.73 Å². The molecule has 0 aliphatic heterocycles. The van der Waals surface area contributed by atoms with Crippen LogP contribution in [0.2, 0.25) is 0 Å². The Morgan fingerprint density at radius 2 is 2.00 bits per heavy atom. The summed E-state index contributed by atoms with van der Waals surface area (Å²) in [5, 5.41) is 4.21. The van der Waals surface area contributed by atoms with Crippen molar-refractivity contribution in [3.63, 3.8) is 0 Å². The first-order valence-corrected chi connectivity index (χ1v) is 5.59. The van der Waals surface area contributed by atoms with Gasteiger partial charge in [-0.25, -0.2) is 4.68 Å². The molecular weight excluding hydrogens is 254 g/mol. The second-order valence-electron chi connectivity index (χ2n) is 3.27. The fourth-order valence-electron chi connectivity index (χ4n) is 1.50. The second-order valence-corrected chi connectivity index (χ2v) is 4.18. The second kappa shape index (κ2) is 4.06. The molecule has 0 radical (unpaired) electrons. The summed E-state index contributed by atoms with van der Waals surface area (Å²) >= 11 is 3.40. The van der Waals surface area contributed by atoms with E-state index in [4.69, 9.17) is 5.73 Å². The predicted octanol–water partition coefficient (Wildman–Crippen LogP) is 2.91. The number of halogens is 1. The first-order valence-electron chi connectivity index (χ1n) is 4.79. The molecule has 1 aromatic carbocycles. The number of aryl methyl sites for hydroxylation is 1. The molecule has 0 saturated heterocycles. The minimum atomic E-state index is 0.722. The molecule has 2 rings (SSSR count). The Balaban J connectivity index is 2.45. The third kappa shape index (κ3) is 1.90. The maximum absolute atomic E-state index is 5.97. The number of benzene rings is 1. The number of rotatable bonds is 2. The van der Waals surface area contributed by atoms with Gasteiger partial charge in [0.15, 0.2) is 0 Å². The molecule has 4 heteroatoms. The van der Waals surface area contributed by atoms with E-state index in [1.807, 2.05) is 37.4 Å². The molecule has 0 fully saturated rings. The zero-order valence-electron chi connectivity index (χ0n) is 8.44. The summed E-state index contributed by atoms with van der Waals surface area (Å²) in [5.41, 5.74) is 8.06. The van der Waals surface area contributed by atoms with Crippen molar-refractivity contribution in [2.45, 2.75) is 13.5 Å². The molecule has 3 nitrogen and oxygen atoms in total. The maximum atomic E-state index is 5.97. The molecule has 2 aromatic rings. The smallest absolute Gasteiger partial charge is 0.129 e. The van der Waals surface area contributed by atoms with Crippen molar-refractivity contribution < 1.29 is 0 Å². The zero-order valence-corrected chi connectivity index (χ0v) is 10.0. The Bertz CT molecular complexity index is 459. The van der Waals surface area contributed by atoms with Crippen LogP contribution in [0.25, 0.3) is 11.1 Å². The van der Waals surface area contributed by atoms with Crippen LogP contribution in [0.4, 0.5) is 5.82 Å². The van der Waals surface area contributed by atoms with E-state index in [0.717, 1.165) is 28.0 Å². The van der Waals surface area contributed by atoms with Gasteiger partial charge in [-0.3, -0.25) is 0 Å². The van der Waals surface area contributed by atoms with Crippen LogP contribution in [-0.2, 0) is 6.54 Å². The Morgan fingerprint density at radius 3 is 2.53 bits per heavy atom. The first-order chi connectivity index (χ1) is 7.22. The normalized spacial score (nSPS) is 10.5. The fourth-order valence-corrected chi connectivity index (χ4v) is 1.76. The van der Waals surface area contributed by atoms with Gasteiger partial charge in [-0.15, -0.1) is 0 Å². The number of hydrogen-bond acceptors (Lipinski definition) is 2. The summed E-state index contributed by atoms with van der Waals surface area (Å²) in [4.78, 5) is 0.